The summed E-state index contributed by atoms with van der Waals surface area (Å²) in [5, 5.41) is 2.74. The van der Waals surface area contributed by atoms with Crippen molar-refractivity contribution in [3.05, 3.63) is 44.5 Å². The number of ether oxygens (including phenoxy) is 2. The summed E-state index contributed by atoms with van der Waals surface area (Å²) in [6, 6.07) is 5.40. The number of anilines is 1. The molecule has 0 bridgehead atoms. The van der Waals surface area contributed by atoms with E-state index >= 15 is 0 Å². The molecule has 8 heteroatoms. The van der Waals surface area contributed by atoms with Gasteiger partial charge in [0.2, 0.25) is 5.91 Å². The lowest BCUT2D eigenvalue weighted by Gasteiger charge is -2.28. The Morgan fingerprint density at radius 3 is 2.67 bits per heavy atom. The highest BCUT2D eigenvalue weighted by atomic mass is 32.1. The molecule has 0 spiro atoms. The van der Waals surface area contributed by atoms with Gasteiger partial charge in [-0.05, 0) is 18.3 Å². The standard InChI is InChI=1S/C16H17N3O4S/c1-19-14-12(15(21)18-16(19)24)9(7-11(20)17-14)8-5-4-6-10(22-2)13(8)23-3/h4-6,9H,7H2,1-3H3,(H,17,20)(H,18,21,24)/t9-/m0/s1. The fourth-order valence-corrected chi connectivity index (χ4v) is 3.22. The number of nitrogens with one attached hydrogen (secondary N) is 2. The molecule has 1 aromatic heterocycles. The monoisotopic (exact) mass is 347 g/mol. The molecule has 0 unspecified atom stereocenters. The quantitative estimate of drug-likeness (QED) is 0.829. The van der Waals surface area contributed by atoms with E-state index in [0.717, 1.165) is 5.56 Å². The first-order chi connectivity index (χ1) is 11.5. The summed E-state index contributed by atoms with van der Waals surface area (Å²) in [6.45, 7) is 0. The summed E-state index contributed by atoms with van der Waals surface area (Å²) >= 11 is 5.12. The van der Waals surface area contributed by atoms with Crippen LogP contribution in [0, 0.1) is 4.77 Å². The van der Waals surface area contributed by atoms with Gasteiger partial charge in [0.25, 0.3) is 5.56 Å². The van der Waals surface area contributed by atoms with Crippen LogP contribution in [0.3, 0.4) is 0 Å². The van der Waals surface area contributed by atoms with E-state index in [1.807, 2.05) is 6.07 Å². The molecule has 2 aromatic rings. The van der Waals surface area contributed by atoms with E-state index in [1.165, 1.54) is 7.11 Å². The summed E-state index contributed by atoms with van der Waals surface area (Å²) in [4.78, 5) is 27.4. The van der Waals surface area contributed by atoms with Crippen LogP contribution in [0.1, 0.15) is 23.5 Å². The lowest BCUT2D eigenvalue weighted by molar-refractivity contribution is -0.116. The van der Waals surface area contributed by atoms with E-state index in [4.69, 9.17) is 21.7 Å². The minimum Gasteiger partial charge on any atom is -0.493 e. The number of hydrogen-bond acceptors (Lipinski definition) is 5. The molecule has 1 amide bonds. The van der Waals surface area contributed by atoms with Crippen molar-refractivity contribution in [2.45, 2.75) is 12.3 Å². The number of benzene rings is 1. The molecule has 2 heterocycles. The molecule has 7 nitrogen and oxygen atoms in total. The van der Waals surface area contributed by atoms with Gasteiger partial charge >= 0.3 is 0 Å². The van der Waals surface area contributed by atoms with E-state index in [2.05, 4.69) is 10.3 Å². The van der Waals surface area contributed by atoms with Crippen LogP contribution in [0.5, 0.6) is 11.5 Å². The Bertz CT molecular complexity index is 932. The molecule has 1 aliphatic heterocycles. The second-order valence-corrected chi connectivity index (χ2v) is 5.85. The fourth-order valence-electron chi connectivity index (χ4n) is 3.03. The van der Waals surface area contributed by atoms with Crippen LogP contribution in [0.4, 0.5) is 5.82 Å². The van der Waals surface area contributed by atoms with Gasteiger partial charge in [-0.3, -0.25) is 14.6 Å². The van der Waals surface area contributed by atoms with Gasteiger partial charge in [-0.25, -0.2) is 0 Å². The van der Waals surface area contributed by atoms with Crippen molar-refractivity contribution in [3.8, 4) is 11.5 Å². The number of carbonyl (C=O) groups is 1. The smallest absolute Gasteiger partial charge is 0.257 e. The van der Waals surface area contributed by atoms with Crippen LogP contribution in [-0.2, 0) is 11.8 Å². The normalized spacial score (nSPS) is 16.3. The number of fused-ring (bicyclic) bond motifs is 1. The van der Waals surface area contributed by atoms with E-state index in [1.54, 1.807) is 30.9 Å². The highest BCUT2D eigenvalue weighted by Crippen LogP contribution is 2.42. The second kappa shape index (κ2) is 6.12. The van der Waals surface area contributed by atoms with Crippen molar-refractivity contribution in [3.63, 3.8) is 0 Å². The van der Waals surface area contributed by atoms with Gasteiger partial charge in [0.05, 0.1) is 19.8 Å². The van der Waals surface area contributed by atoms with E-state index in [0.29, 0.717) is 22.9 Å². The fraction of sp³-hybridized carbons (Fsp3) is 0.312. The number of methoxy groups -OCH3 is 2. The molecule has 0 saturated carbocycles. The third-order valence-electron chi connectivity index (χ3n) is 4.16. The van der Waals surface area contributed by atoms with Crippen molar-refractivity contribution in [1.82, 2.24) is 9.55 Å². The van der Waals surface area contributed by atoms with Crippen LogP contribution < -0.4 is 20.3 Å². The van der Waals surface area contributed by atoms with Gasteiger partial charge in [-0.1, -0.05) is 12.1 Å². The maximum atomic E-state index is 12.5. The Morgan fingerprint density at radius 2 is 2.00 bits per heavy atom. The summed E-state index contributed by atoms with van der Waals surface area (Å²) < 4.78 is 12.6. The highest BCUT2D eigenvalue weighted by Gasteiger charge is 2.33. The lowest BCUT2D eigenvalue weighted by Crippen LogP contribution is -2.33. The highest BCUT2D eigenvalue weighted by molar-refractivity contribution is 7.71. The molecular formula is C16H17N3O4S. The molecular weight excluding hydrogens is 330 g/mol. The van der Waals surface area contributed by atoms with Crippen LogP contribution in [0.2, 0.25) is 0 Å². The first-order valence-corrected chi connectivity index (χ1v) is 7.72. The molecule has 0 saturated heterocycles. The van der Waals surface area contributed by atoms with Crippen molar-refractivity contribution in [2.24, 2.45) is 7.05 Å². The molecule has 1 aromatic carbocycles. The average Bonchev–Trinajstić information content (AvgIpc) is 2.58. The summed E-state index contributed by atoms with van der Waals surface area (Å²) in [6.07, 6.45) is 0.135. The number of aromatic amines is 1. The third kappa shape index (κ3) is 2.48. The number of H-pyrrole nitrogens is 1. The zero-order valence-corrected chi connectivity index (χ0v) is 14.3. The average molecular weight is 347 g/mol. The molecule has 0 aliphatic carbocycles. The predicted octanol–water partition coefficient (Wildman–Crippen LogP) is 1.93. The van der Waals surface area contributed by atoms with Crippen molar-refractivity contribution >= 4 is 23.9 Å². The molecule has 24 heavy (non-hydrogen) atoms. The number of aromatic nitrogens is 2. The molecule has 1 aliphatic rings. The Hall–Kier alpha value is -2.61. The van der Waals surface area contributed by atoms with Gasteiger partial charge in [0.15, 0.2) is 16.3 Å². The van der Waals surface area contributed by atoms with Gasteiger partial charge in [-0.15, -0.1) is 0 Å². The second-order valence-electron chi connectivity index (χ2n) is 5.47. The molecule has 0 fully saturated rings. The van der Waals surface area contributed by atoms with E-state index < -0.39 is 5.92 Å². The number of carbonyl (C=O) groups excluding carboxylic acids is 1. The maximum Gasteiger partial charge on any atom is 0.257 e. The van der Waals surface area contributed by atoms with Crippen LogP contribution in [0.15, 0.2) is 23.0 Å². The first kappa shape index (κ1) is 16.3. The Balaban J connectivity index is 2.30. The van der Waals surface area contributed by atoms with Crippen LogP contribution >= 0.6 is 12.2 Å². The molecule has 3 rings (SSSR count). The van der Waals surface area contributed by atoms with Crippen LogP contribution in [0.25, 0.3) is 0 Å². The minimum atomic E-state index is -0.454. The first-order valence-electron chi connectivity index (χ1n) is 7.31. The Labute approximate surface area is 143 Å². The predicted molar refractivity (Wildman–Crippen MR) is 91.5 cm³/mol. The summed E-state index contributed by atoms with van der Waals surface area (Å²) in [5.74, 6) is 0.825. The topological polar surface area (TPSA) is 85.4 Å². The zero-order valence-electron chi connectivity index (χ0n) is 13.5. The van der Waals surface area contributed by atoms with Gasteiger partial charge in [0, 0.05) is 24.9 Å². The molecule has 2 N–H and O–H groups in total. The molecule has 126 valence electrons. The van der Waals surface area contributed by atoms with Gasteiger partial charge < -0.3 is 19.4 Å². The van der Waals surface area contributed by atoms with Gasteiger partial charge in [-0.2, -0.15) is 0 Å². The van der Waals surface area contributed by atoms with Gasteiger partial charge in [0.1, 0.15) is 5.82 Å². The molecule has 0 radical (unpaired) electrons. The maximum absolute atomic E-state index is 12.5. The van der Waals surface area contributed by atoms with Crippen molar-refractivity contribution in [2.75, 3.05) is 19.5 Å². The number of hydrogen-bond donors (Lipinski definition) is 2. The summed E-state index contributed by atoms with van der Waals surface area (Å²) in [7, 11) is 4.77. The van der Waals surface area contributed by atoms with Crippen molar-refractivity contribution in [1.29, 1.82) is 0 Å². The third-order valence-corrected chi connectivity index (χ3v) is 4.54. The van der Waals surface area contributed by atoms with E-state index in [9.17, 15) is 9.59 Å². The summed E-state index contributed by atoms with van der Waals surface area (Å²) in [5.41, 5.74) is 0.857. The van der Waals surface area contributed by atoms with E-state index in [-0.39, 0.29) is 22.7 Å². The number of rotatable bonds is 3. The number of nitrogens with zero attached hydrogens (tertiary/aromatic N) is 1. The number of para-hydroxylation sites is 1. The number of amides is 1. The molecule has 1 atom stereocenters. The Morgan fingerprint density at radius 1 is 1.25 bits per heavy atom. The van der Waals surface area contributed by atoms with Crippen LogP contribution in [-0.4, -0.2) is 29.7 Å². The zero-order chi connectivity index (χ0) is 17.4. The van der Waals surface area contributed by atoms with Crippen molar-refractivity contribution < 1.29 is 14.3 Å². The largest absolute Gasteiger partial charge is 0.493 e. The lowest BCUT2D eigenvalue weighted by atomic mass is 9.86. The Kier molecular flexibility index (Phi) is 4.15. The minimum absolute atomic E-state index is 0.135. The SMILES string of the molecule is COc1cccc([C@@H]2CC(=O)Nc3c2c(=O)[nH]c(=S)n3C)c1OC.